The second-order valence-electron chi connectivity index (χ2n) is 5.17. The highest BCUT2D eigenvalue weighted by molar-refractivity contribution is 9.10. The number of rotatable bonds is 3. The largest absolute Gasteiger partial charge is 0.345 e. The third kappa shape index (κ3) is 3.27. The number of benzene rings is 2. The van der Waals surface area contributed by atoms with Gasteiger partial charge in [0.15, 0.2) is 5.96 Å². The molecular weight excluding hydrogens is 326 g/mol. The number of hydrogen-bond acceptors (Lipinski definition) is 3. The van der Waals surface area contributed by atoms with Gasteiger partial charge in [-0.1, -0.05) is 58.4 Å². The molecule has 0 saturated carbocycles. The Morgan fingerprint density at radius 2 is 1.86 bits per heavy atom. The first-order valence-corrected chi connectivity index (χ1v) is 7.86. The molecule has 1 N–H and O–H groups in total. The first kappa shape index (κ1) is 14.1. The van der Waals surface area contributed by atoms with E-state index in [-0.39, 0.29) is 6.04 Å². The van der Waals surface area contributed by atoms with Gasteiger partial charge >= 0.3 is 0 Å². The maximum atomic E-state index is 4.55. The maximum absolute atomic E-state index is 4.55. The summed E-state index contributed by atoms with van der Waals surface area (Å²) in [7, 11) is 2.07. The van der Waals surface area contributed by atoms with Gasteiger partial charge in [-0.3, -0.25) is 4.99 Å². The van der Waals surface area contributed by atoms with Crippen LogP contribution in [0.25, 0.3) is 0 Å². The molecule has 1 unspecified atom stereocenters. The molecule has 0 amide bonds. The molecule has 4 heteroatoms. The van der Waals surface area contributed by atoms with Crippen LogP contribution in [0.5, 0.6) is 0 Å². The van der Waals surface area contributed by atoms with Gasteiger partial charge in [-0.2, -0.15) is 0 Å². The van der Waals surface area contributed by atoms with E-state index in [0.717, 1.165) is 23.5 Å². The Labute approximate surface area is 133 Å². The van der Waals surface area contributed by atoms with Crippen LogP contribution in [0.4, 0.5) is 0 Å². The van der Waals surface area contributed by atoms with Gasteiger partial charge in [0, 0.05) is 18.1 Å². The summed E-state index contributed by atoms with van der Waals surface area (Å²) in [6.45, 7) is 1.83. The average molecular weight is 344 g/mol. The smallest absolute Gasteiger partial charge is 0.194 e. The van der Waals surface area contributed by atoms with Crippen molar-refractivity contribution in [3.63, 3.8) is 0 Å². The number of nitrogens with one attached hydrogen (secondary N) is 1. The molecule has 0 saturated heterocycles. The topological polar surface area (TPSA) is 27.6 Å². The van der Waals surface area contributed by atoms with Gasteiger partial charge in [0.2, 0.25) is 0 Å². The molecule has 2 aromatic carbocycles. The van der Waals surface area contributed by atoms with Crippen molar-refractivity contribution < 1.29 is 0 Å². The molecule has 0 bridgehead atoms. The van der Waals surface area contributed by atoms with Gasteiger partial charge in [-0.05, 0) is 23.3 Å². The lowest BCUT2D eigenvalue weighted by atomic mass is 9.99. The summed E-state index contributed by atoms with van der Waals surface area (Å²) in [5.41, 5.74) is 2.46. The van der Waals surface area contributed by atoms with Crippen LogP contribution in [0, 0.1) is 0 Å². The standard InChI is InChI=1S/C17H18BrN3/c1-21-11-10-19-17(21)20-16(13-6-3-2-4-7-13)14-8-5-9-15(18)12-14/h2-9,12,16H,10-11H2,1H3,(H,19,20). The lowest BCUT2D eigenvalue weighted by molar-refractivity contribution is 0.525. The van der Waals surface area contributed by atoms with Crippen molar-refractivity contribution in [2.45, 2.75) is 6.04 Å². The van der Waals surface area contributed by atoms with E-state index in [1.807, 2.05) is 12.1 Å². The van der Waals surface area contributed by atoms with Crippen molar-refractivity contribution in [2.75, 3.05) is 20.1 Å². The Kier molecular flexibility index (Phi) is 4.25. The fourth-order valence-electron chi connectivity index (χ4n) is 2.51. The van der Waals surface area contributed by atoms with Gasteiger partial charge in [0.25, 0.3) is 0 Å². The SMILES string of the molecule is CN1CCN=C1NC(c1ccccc1)c1cccc(Br)c1. The zero-order valence-electron chi connectivity index (χ0n) is 12.0. The minimum atomic E-state index is 0.1000. The number of guanidine groups is 1. The van der Waals surface area contributed by atoms with E-state index in [9.17, 15) is 0 Å². The van der Waals surface area contributed by atoms with Crippen LogP contribution in [-0.4, -0.2) is 31.0 Å². The Bertz CT molecular complexity index is 639. The normalized spacial score (nSPS) is 15.7. The quantitative estimate of drug-likeness (QED) is 0.924. The summed E-state index contributed by atoms with van der Waals surface area (Å²) in [5.74, 6) is 0.962. The Morgan fingerprint density at radius 3 is 2.52 bits per heavy atom. The van der Waals surface area contributed by atoms with Crippen molar-refractivity contribution in [2.24, 2.45) is 4.99 Å². The number of nitrogens with zero attached hydrogens (tertiary/aromatic N) is 2. The summed E-state index contributed by atoms with van der Waals surface area (Å²) in [6.07, 6.45) is 0. The number of hydrogen-bond donors (Lipinski definition) is 1. The Balaban J connectivity index is 1.95. The highest BCUT2D eigenvalue weighted by Crippen LogP contribution is 2.25. The summed E-state index contributed by atoms with van der Waals surface area (Å²) in [5, 5.41) is 3.58. The summed E-state index contributed by atoms with van der Waals surface area (Å²) in [4.78, 5) is 6.71. The first-order chi connectivity index (χ1) is 10.2. The van der Waals surface area contributed by atoms with E-state index >= 15 is 0 Å². The first-order valence-electron chi connectivity index (χ1n) is 7.06. The number of likely N-dealkylation sites (N-methyl/N-ethyl adjacent to an activating group) is 1. The van der Waals surface area contributed by atoms with E-state index in [0.29, 0.717) is 0 Å². The van der Waals surface area contributed by atoms with E-state index < -0.39 is 0 Å². The summed E-state index contributed by atoms with van der Waals surface area (Å²) >= 11 is 3.56. The predicted octanol–water partition coefficient (Wildman–Crippen LogP) is 3.43. The molecule has 0 radical (unpaired) electrons. The van der Waals surface area contributed by atoms with E-state index in [1.54, 1.807) is 0 Å². The Morgan fingerprint density at radius 1 is 1.10 bits per heavy atom. The highest BCUT2D eigenvalue weighted by Gasteiger charge is 2.20. The minimum absolute atomic E-state index is 0.1000. The molecule has 1 aliphatic rings. The third-order valence-electron chi connectivity index (χ3n) is 3.65. The minimum Gasteiger partial charge on any atom is -0.345 e. The van der Waals surface area contributed by atoms with Crippen molar-refractivity contribution in [3.05, 3.63) is 70.2 Å². The molecule has 108 valence electrons. The molecule has 0 fully saturated rings. The van der Waals surface area contributed by atoms with Crippen molar-refractivity contribution in [1.82, 2.24) is 10.2 Å². The zero-order valence-corrected chi connectivity index (χ0v) is 13.5. The average Bonchev–Trinajstić information content (AvgIpc) is 2.91. The molecule has 21 heavy (non-hydrogen) atoms. The van der Waals surface area contributed by atoms with Gasteiger partial charge in [0.05, 0.1) is 12.6 Å². The third-order valence-corrected chi connectivity index (χ3v) is 4.14. The van der Waals surface area contributed by atoms with Crippen LogP contribution in [0.15, 0.2) is 64.1 Å². The predicted molar refractivity (Wildman–Crippen MR) is 90.5 cm³/mol. The summed E-state index contributed by atoms with van der Waals surface area (Å²) < 4.78 is 1.09. The molecule has 2 aromatic rings. The maximum Gasteiger partial charge on any atom is 0.194 e. The molecule has 1 atom stereocenters. The van der Waals surface area contributed by atoms with Crippen LogP contribution in [0.2, 0.25) is 0 Å². The summed E-state index contributed by atoms with van der Waals surface area (Å²) in [6, 6.07) is 19.0. The van der Waals surface area contributed by atoms with Gasteiger partial charge in [-0.25, -0.2) is 0 Å². The second kappa shape index (κ2) is 6.31. The van der Waals surface area contributed by atoms with Crippen LogP contribution in [-0.2, 0) is 0 Å². The van der Waals surface area contributed by atoms with E-state index in [2.05, 4.69) is 80.7 Å². The van der Waals surface area contributed by atoms with Crippen LogP contribution in [0.3, 0.4) is 0 Å². The van der Waals surface area contributed by atoms with E-state index in [1.165, 1.54) is 11.1 Å². The van der Waals surface area contributed by atoms with Crippen molar-refractivity contribution in [3.8, 4) is 0 Å². The zero-order chi connectivity index (χ0) is 14.7. The van der Waals surface area contributed by atoms with Crippen molar-refractivity contribution >= 4 is 21.9 Å². The van der Waals surface area contributed by atoms with E-state index in [4.69, 9.17) is 0 Å². The van der Waals surface area contributed by atoms with Gasteiger partial charge < -0.3 is 10.2 Å². The second-order valence-corrected chi connectivity index (χ2v) is 6.09. The monoisotopic (exact) mass is 343 g/mol. The molecular formula is C17H18BrN3. The number of halogens is 1. The van der Waals surface area contributed by atoms with Crippen molar-refractivity contribution in [1.29, 1.82) is 0 Å². The fraction of sp³-hybridized carbons (Fsp3) is 0.235. The van der Waals surface area contributed by atoms with Gasteiger partial charge in [-0.15, -0.1) is 0 Å². The molecule has 1 aliphatic heterocycles. The van der Waals surface area contributed by atoms with Crippen LogP contribution in [0.1, 0.15) is 17.2 Å². The lowest BCUT2D eigenvalue weighted by Crippen LogP contribution is -2.38. The molecule has 0 aliphatic carbocycles. The van der Waals surface area contributed by atoms with Gasteiger partial charge in [0.1, 0.15) is 0 Å². The Hall–Kier alpha value is -1.81. The molecule has 0 spiro atoms. The molecule has 0 aromatic heterocycles. The van der Waals surface area contributed by atoms with Crippen LogP contribution >= 0.6 is 15.9 Å². The fourth-order valence-corrected chi connectivity index (χ4v) is 2.93. The lowest BCUT2D eigenvalue weighted by Gasteiger charge is -2.24. The molecule has 3 nitrogen and oxygen atoms in total. The highest BCUT2D eigenvalue weighted by atomic mass is 79.9. The molecule has 3 rings (SSSR count). The van der Waals surface area contributed by atoms with Crippen LogP contribution < -0.4 is 5.32 Å². The molecule has 1 heterocycles. The number of aliphatic imine (C=N–C) groups is 1.